The Kier molecular flexibility index (Phi) is 2.68. The third-order valence-electron chi connectivity index (χ3n) is 0.311. The van der Waals surface area contributed by atoms with Gasteiger partial charge in [-0.1, -0.05) is 0 Å². The predicted octanol–water partition coefficient (Wildman–Crippen LogP) is -0.705. The molecular formula is C2H5O5P. The van der Waals surface area contributed by atoms with Crippen molar-refractivity contribution in [1.29, 1.82) is 0 Å². The number of carbonyl (C=O) groups is 1. The van der Waals surface area contributed by atoms with Gasteiger partial charge in [-0.2, -0.15) is 0 Å². The van der Waals surface area contributed by atoms with Gasteiger partial charge in [0.25, 0.3) is 6.47 Å². The van der Waals surface area contributed by atoms with Crippen LogP contribution < -0.4 is 0 Å². The van der Waals surface area contributed by atoms with Gasteiger partial charge in [0, 0.05) is 0 Å². The second-order valence-corrected chi connectivity index (χ2v) is 2.64. The molecule has 0 aromatic heterocycles. The molecule has 0 spiro atoms. The largest absolute Gasteiger partial charge is 0.455 e. The molecule has 0 aliphatic rings. The monoisotopic (exact) mass is 140 g/mol. The summed E-state index contributed by atoms with van der Waals surface area (Å²) in [6.45, 7) is -0.0148. The van der Waals surface area contributed by atoms with Crippen LogP contribution in [-0.4, -0.2) is 22.6 Å². The van der Waals surface area contributed by atoms with E-state index in [9.17, 15) is 9.36 Å². The second-order valence-electron chi connectivity index (χ2n) is 1.06. The lowest BCUT2D eigenvalue weighted by Gasteiger charge is -1.98. The number of hydrogen-bond acceptors (Lipinski definition) is 3. The molecule has 0 heterocycles. The lowest BCUT2D eigenvalue weighted by molar-refractivity contribution is -0.127. The zero-order valence-electron chi connectivity index (χ0n) is 3.85. The number of ether oxygens (including phenoxy) is 1. The van der Waals surface area contributed by atoms with Crippen molar-refractivity contribution in [2.45, 2.75) is 0 Å². The molecule has 5 nitrogen and oxygen atoms in total. The van der Waals surface area contributed by atoms with E-state index in [0.717, 1.165) is 0 Å². The quantitative estimate of drug-likeness (QED) is 0.399. The van der Waals surface area contributed by atoms with Crippen LogP contribution in [0.3, 0.4) is 0 Å². The van der Waals surface area contributed by atoms with Gasteiger partial charge in [0.15, 0.2) is 6.35 Å². The van der Waals surface area contributed by atoms with Crippen molar-refractivity contribution >= 4 is 14.1 Å². The zero-order chi connectivity index (χ0) is 6.62. The van der Waals surface area contributed by atoms with Crippen LogP contribution in [0.4, 0.5) is 0 Å². The number of hydrogen-bond donors (Lipinski definition) is 2. The van der Waals surface area contributed by atoms with Crippen molar-refractivity contribution in [1.82, 2.24) is 0 Å². The van der Waals surface area contributed by atoms with Gasteiger partial charge in [0.2, 0.25) is 0 Å². The van der Waals surface area contributed by atoms with Crippen molar-refractivity contribution in [3.8, 4) is 0 Å². The molecule has 0 bridgehead atoms. The van der Waals surface area contributed by atoms with Crippen molar-refractivity contribution in [3.05, 3.63) is 0 Å². The molecule has 0 aromatic rings. The Bertz CT molecular complexity index is 114. The van der Waals surface area contributed by atoms with E-state index in [1.165, 1.54) is 0 Å². The van der Waals surface area contributed by atoms with E-state index in [4.69, 9.17) is 9.79 Å². The average Bonchev–Trinajstić information content (AvgIpc) is 1.59. The molecule has 2 N–H and O–H groups in total. The van der Waals surface area contributed by atoms with Gasteiger partial charge in [0.1, 0.15) is 0 Å². The Hall–Kier alpha value is -0.380. The smallest absolute Gasteiger partial charge is 0.362 e. The fourth-order valence-electron chi connectivity index (χ4n) is 0.128. The Balaban J connectivity index is 3.40. The summed E-state index contributed by atoms with van der Waals surface area (Å²) in [7, 11) is -4.14. The molecule has 0 amide bonds. The second kappa shape index (κ2) is 2.81. The van der Waals surface area contributed by atoms with Gasteiger partial charge in [-0.25, -0.2) is 0 Å². The molecule has 0 saturated carbocycles. The topological polar surface area (TPSA) is 83.8 Å². The molecule has 0 aliphatic heterocycles. The Morgan fingerprint density at radius 3 is 2.25 bits per heavy atom. The van der Waals surface area contributed by atoms with E-state index in [1.54, 1.807) is 0 Å². The third kappa shape index (κ3) is 5.62. The highest BCUT2D eigenvalue weighted by atomic mass is 31.2. The molecule has 0 unspecified atom stereocenters. The highest BCUT2D eigenvalue weighted by molar-refractivity contribution is 7.51. The first-order valence-electron chi connectivity index (χ1n) is 1.66. The molecule has 0 aromatic carbocycles. The van der Waals surface area contributed by atoms with E-state index >= 15 is 0 Å². The molecular weight excluding hydrogens is 135 g/mol. The molecule has 0 radical (unpaired) electrons. The first-order valence-corrected chi connectivity index (χ1v) is 3.46. The summed E-state index contributed by atoms with van der Waals surface area (Å²) in [4.78, 5) is 25.2. The first kappa shape index (κ1) is 7.62. The van der Waals surface area contributed by atoms with Crippen LogP contribution >= 0.6 is 7.60 Å². The normalized spacial score (nSPS) is 10.8. The van der Waals surface area contributed by atoms with Crippen LogP contribution in [0.25, 0.3) is 0 Å². The highest BCUT2D eigenvalue weighted by Crippen LogP contribution is 2.33. The molecule has 0 rings (SSSR count). The van der Waals surface area contributed by atoms with Gasteiger partial charge in [-0.3, -0.25) is 9.36 Å². The van der Waals surface area contributed by atoms with Crippen LogP contribution in [0.1, 0.15) is 0 Å². The van der Waals surface area contributed by atoms with Crippen molar-refractivity contribution < 1.29 is 23.9 Å². The summed E-state index contributed by atoms with van der Waals surface area (Å²) in [5.74, 6) is 0. The number of carbonyl (C=O) groups excluding carboxylic acids is 1. The van der Waals surface area contributed by atoms with Crippen molar-refractivity contribution in [2.75, 3.05) is 6.35 Å². The molecule has 8 heavy (non-hydrogen) atoms. The minimum atomic E-state index is -4.14. The van der Waals surface area contributed by atoms with E-state index in [1.807, 2.05) is 0 Å². The lowest BCUT2D eigenvalue weighted by Crippen LogP contribution is -1.91. The molecule has 6 heteroatoms. The molecule has 0 aliphatic carbocycles. The summed E-state index contributed by atoms with van der Waals surface area (Å²) in [6, 6.07) is 0. The van der Waals surface area contributed by atoms with Crippen LogP contribution in [-0.2, 0) is 14.1 Å². The van der Waals surface area contributed by atoms with E-state index in [0.29, 0.717) is 0 Å². The maximum absolute atomic E-state index is 9.80. The summed E-state index contributed by atoms with van der Waals surface area (Å²) in [5, 5.41) is 0. The Morgan fingerprint density at radius 1 is 1.62 bits per heavy atom. The van der Waals surface area contributed by atoms with Gasteiger partial charge < -0.3 is 14.5 Å². The third-order valence-corrected chi connectivity index (χ3v) is 0.796. The molecule has 0 atom stereocenters. The Labute approximate surface area is 45.4 Å². The van der Waals surface area contributed by atoms with E-state index in [2.05, 4.69) is 4.74 Å². The van der Waals surface area contributed by atoms with Crippen LogP contribution in [0, 0.1) is 0 Å². The minimum Gasteiger partial charge on any atom is -0.455 e. The van der Waals surface area contributed by atoms with Gasteiger partial charge in [0.05, 0.1) is 0 Å². The maximum atomic E-state index is 9.80. The summed E-state index contributed by atoms with van der Waals surface area (Å²) >= 11 is 0. The van der Waals surface area contributed by atoms with Crippen molar-refractivity contribution in [2.24, 2.45) is 0 Å². The fourth-order valence-corrected chi connectivity index (χ4v) is 0.383. The number of rotatable bonds is 3. The van der Waals surface area contributed by atoms with E-state index < -0.39 is 13.9 Å². The summed E-state index contributed by atoms with van der Waals surface area (Å²) in [6.07, 6.45) is -0.837. The van der Waals surface area contributed by atoms with Gasteiger partial charge in [-0.05, 0) is 0 Å². The SMILES string of the molecule is O=COCP(=O)(O)O. The summed E-state index contributed by atoms with van der Waals surface area (Å²) in [5.41, 5.74) is 0. The van der Waals surface area contributed by atoms with Gasteiger partial charge >= 0.3 is 7.60 Å². The standard InChI is InChI=1S/C2H5O5P/c3-1-7-2-8(4,5)6/h1H,2H2,(H2,4,5,6). The summed E-state index contributed by atoms with van der Waals surface area (Å²) < 4.78 is 13.6. The van der Waals surface area contributed by atoms with Gasteiger partial charge in [-0.15, -0.1) is 0 Å². The minimum absolute atomic E-state index is 0.0148. The Morgan fingerprint density at radius 2 is 2.12 bits per heavy atom. The zero-order valence-corrected chi connectivity index (χ0v) is 4.75. The molecule has 48 valence electrons. The highest BCUT2D eigenvalue weighted by Gasteiger charge is 2.11. The predicted molar refractivity (Wildman–Crippen MR) is 24.1 cm³/mol. The van der Waals surface area contributed by atoms with E-state index in [-0.39, 0.29) is 6.47 Å². The maximum Gasteiger partial charge on any atom is 0.362 e. The lowest BCUT2D eigenvalue weighted by atomic mass is 11.5. The van der Waals surface area contributed by atoms with Crippen LogP contribution in [0.2, 0.25) is 0 Å². The molecule has 0 saturated heterocycles. The average molecular weight is 140 g/mol. The molecule has 0 fully saturated rings. The first-order chi connectivity index (χ1) is 3.56. The fraction of sp³-hybridized carbons (Fsp3) is 0.500. The van der Waals surface area contributed by atoms with Crippen LogP contribution in [0.5, 0.6) is 0 Å². The van der Waals surface area contributed by atoms with Crippen molar-refractivity contribution in [3.63, 3.8) is 0 Å². The van der Waals surface area contributed by atoms with Crippen LogP contribution in [0.15, 0.2) is 0 Å².